The van der Waals surface area contributed by atoms with E-state index in [1.807, 2.05) is 0 Å². The van der Waals surface area contributed by atoms with Gasteiger partial charge in [-0.1, -0.05) is 74.0 Å². The van der Waals surface area contributed by atoms with Gasteiger partial charge in [-0.3, -0.25) is 4.90 Å². The van der Waals surface area contributed by atoms with E-state index in [0.29, 0.717) is 0 Å². The largest absolute Gasteiger partial charge is 0.298 e. The van der Waals surface area contributed by atoms with E-state index in [2.05, 4.69) is 72.5 Å². The maximum Gasteiger partial charge on any atom is 0.0101 e. The zero-order valence-corrected chi connectivity index (χ0v) is 16.3. The number of likely N-dealkylation sites (tertiary alicyclic amines) is 1. The predicted molar refractivity (Wildman–Crippen MR) is 111 cm³/mol. The Hall–Kier alpha value is -1.31. The van der Waals surface area contributed by atoms with Crippen molar-refractivity contribution < 1.29 is 0 Å². The van der Waals surface area contributed by atoms with Crippen molar-refractivity contribution in [2.75, 3.05) is 6.54 Å². The van der Waals surface area contributed by atoms with Crippen LogP contribution in [0.3, 0.4) is 0 Å². The third kappa shape index (κ3) is 5.87. The van der Waals surface area contributed by atoms with Crippen LogP contribution in [-0.2, 0) is 12.8 Å². The summed E-state index contributed by atoms with van der Waals surface area (Å²) in [5.74, 6) is 0. The lowest BCUT2D eigenvalue weighted by Crippen LogP contribution is -2.46. The van der Waals surface area contributed by atoms with E-state index < -0.39 is 0 Å². The summed E-state index contributed by atoms with van der Waals surface area (Å²) in [7, 11) is 0. The van der Waals surface area contributed by atoms with Gasteiger partial charge < -0.3 is 0 Å². The molecule has 3 rings (SSSR count). The Morgan fingerprint density at radius 1 is 0.760 bits per heavy atom. The Morgan fingerprint density at radius 3 is 1.60 bits per heavy atom. The Balaban J connectivity index is 0.00000225. The van der Waals surface area contributed by atoms with Crippen LogP contribution in [0.4, 0.5) is 0 Å². The average molecular weight is 358 g/mol. The summed E-state index contributed by atoms with van der Waals surface area (Å²) in [5.41, 5.74) is 2.97. The molecule has 0 spiro atoms. The number of piperidine rings is 1. The molecule has 1 nitrogen and oxygen atoms in total. The van der Waals surface area contributed by atoms with E-state index >= 15 is 0 Å². The predicted octanol–water partition coefficient (Wildman–Crippen LogP) is 5.92. The van der Waals surface area contributed by atoms with Crippen molar-refractivity contribution in [1.29, 1.82) is 0 Å². The average Bonchev–Trinajstić information content (AvgIpc) is 2.66. The first-order chi connectivity index (χ1) is 11.9. The fourth-order valence-corrected chi connectivity index (χ4v) is 4.31. The number of aryl methyl sites for hydroxylation is 2. The van der Waals surface area contributed by atoms with E-state index in [-0.39, 0.29) is 12.4 Å². The fourth-order valence-electron chi connectivity index (χ4n) is 4.31. The van der Waals surface area contributed by atoms with Gasteiger partial charge in [-0.2, -0.15) is 0 Å². The van der Waals surface area contributed by atoms with Gasteiger partial charge in [-0.25, -0.2) is 0 Å². The highest BCUT2D eigenvalue weighted by Crippen LogP contribution is 2.28. The number of nitrogens with zero attached hydrogens (tertiary/aromatic N) is 1. The fraction of sp³-hybridized carbons (Fsp3) is 0.478. The van der Waals surface area contributed by atoms with Crippen molar-refractivity contribution in [3.63, 3.8) is 0 Å². The second-order valence-electron chi connectivity index (χ2n) is 7.12. The van der Waals surface area contributed by atoms with Crippen LogP contribution in [0.5, 0.6) is 0 Å². The standard InChI is InChI=1S/C23H31N.ClH/c1-2-24-22(18-16-20-10-5-3-6-11-20)14-9-15-23(24)19-17-21-12-7-4-8-13-21;/h3-8,10-13,22-23H,2,9,14-19H2,1H3;1H. The second kappa shape index (κ2) is 10.6. The molecule has 0 radical (unpaired) electrons. The van der Waals surface area contributed by atoms with Gasteiger partial charge in [0.15, 0.2) is 0 Å². The monoisotopic (exact) mass is 357 g/mol. The molecule has 2 aromatic carbocycles. The lowest BCUT2D eigenvalue weighted by Gasteiger charge is -2.42. The summed E-state index contributed by atoms with van der Waals surface area (Å²) < 4.78 is 0. The van der Waals surface area contributed by atoms with Crippen LogP contribution in [0.15, 0.2) is 60.7 Å². The molecule has 0 amide bonds. The van der Waals surface area contributed by atoms with E-state index in [4.69, 9.17) is 0 Å². The summed E-state index contributed by atoms with van der Waals surface area (Å²) >= 11 is 0. The lowest BCUT2D eigenvalue weighted by molar-refractivity contribution is 0.0785. The van der Waals surface area contributed by atoms with Gasteiger partial charge in [0.2, 0.25) is 0 Å². The van der Waals surface area contributed by atoms with E-state index in [1.165, 1.54) is 62.6 Å². The minimum atomic E-state index is 0. The number of hydrogen-bond donors (Lipinski definition) is 0. The maximum atomic E-state index is 2.80. The SMILES string of the molecule is CCN1C(CCc2ccccc2)CCCC1CCc1ccccc1.Cl. The molecule has 2 aromatic rings. The molecule has 0 saturated carbocycles. The summed E-state index contributed by atoms with van der Waals surface area (Å²) in [5, 5.41) is 0. The number of hydrogen-bond acceptors (Lipinski definition) is 1. The van der Waals surface area contributed by atoms with Gasteiger partial charge in [0.25, 0.3) is 0 Å². The molecule has 25 heavy (non-hydrogen) atoms. The highest BCUT2D eigenvalue weighted by atomic mass is 35.5. The first kappa shape index (κ1) is 20.0. The molecular formula is C23H32ClN. The third-order valence-corrected chi connectivity index (χ3v) is 5.60. The van der Waals surface area contributed by atoms with Crippen LogP contribution in [-0.4, -0.2) is 23.5 Å². The van der Waals surface area contributed by atoms with Crippen LogP contribution in [0.1, 0.15) is 50.2 Å². The molecule has 1 fully saturated rings. The zero-order valence-electron chi connectivity index (χ0n) is 15.4. The van der Waals surface area contributed by atoms with Crippen molar-refractivity contribution >= 4 is 12.4 Å². The minimum Gasteiger partial charge on any atom is -0.298 e. The van der Waals surface area contributed by atoms with Crippen LogP contribution < -0.4 is 0 Å². The van der Waals surface area contributed by atoms with Gasteiger partial charge in [-0.15, -0.1) is 12.4 Å². The van der Waals surface area contributed by atoms with Crippen LogP contribution >= 0.6 is 12.4 Å². The number of rotatable bonds is 7. The van der Waals surface area contributed by atoms with Gasteiger partial charge in [0.05, 0.1) is 0 Å². The normalized spacial score (nSPS) is 20.8. The van der Waals surface area contributed by atoms with Gasteiger partial charge in [0.1, 0.15) is 0 Å². The first-order valence-corrected chi connectivity index (χ1v) is 9.70. The molecular weight excluding hydrogens is 326 g/mol. The van der Waals surface area contributed by atoms with E-state index in [9.17, 15) is 0 Å². The molecule has 2 heteroatoms. The first-order valence-electron chi connectivity index (χ1n) is 9.70. The van der Waals surface area contributed by atoms with Crippen molar-refractivity contribution in [3.8, 4) is 0 Å². The number of benzene rings is 2. The summed E-state index contributed by atoms with van der Waals surface area (Å²) in [6, 6.07) is 23.5. The van der Waals surface area contributed by atoms with Crippen molar-refractivity contribution in [2.45, 2.75) is 64.0 Å². The number of halogens is 1. The highest BCUT2D eigenvalue weighted by molar-refractivity contribution is 5.85. The maximum absolute atomic E-state index is 2.80. The molecule has 0 bridgehead atoms. The second-order valence-corrected chi connectivity index (χ2v) is 7.12. The lowest BCUT2D eigenvalue weighted by atomic mass is 9.89. The molecule has 136 valence electrons. The Bertz CT molecular complexity index is 532. The summed E-state index contributed by atoms with van der Waals surface area (Å²) in [4.78, 5) is 2.80. The topological polar surface area (TPSA) is 3.24 Å². The van der Waals surface area contributed by atoms with Crippen LogP contribution in [0.2, 0.25) is 0 Å². The molecule has 1 aliphatic heterocycles. The smallest absolute Gasteiger partial charge is 0.0101 e. The van der Waals surface area contributed by atoms with Gasteiger partial charge in [0, 0.05) is 12.1 Å². The molecule has 2 unspecified atom stereocenters. The van der Waals surface area contributed by atoms with E-state index in [1.54, 1.807) is 0 Å². The quantitative estimate of drug-likeness (QED) is 0.594. The van der Waals surface area contributed by atoms with Crippen LogP contribution in [0.25, 0.3) is 0 Å². The summed E-state index contributed by atoms with van der Waals surface area (Å²) in [6.07, 6.45) is 9.20. The van der Waals surface area contributed by atoms with E-state index in [0.717, 1.165) is 12.1 Å². The molecule has 1 aliphatic rings. The van der Waals surface area contributed by atoms with Gasteiger partial charge >= 0.3 is 0 Å². The molecule has 0 aromatic heterocycles. The molecule has 1 saturated heterocycles. The van der Waals surface area contributed by atoms with Crippen molar-refractivity contribution in [1.82, 2.24) is 4.90 Å². The van der Waals surface area contributed by atoms with Gasteiger partial charge in [-0.05, 0) is 56.2 Å². The molecule has 1 heterocycles. The van der Waals surface area contributed by atoms with Crippen molar-refractivity contribution in [2.24, 2.45) is 0 Å². The Morgan fingerprint density at radius 2 is 1.20 bits per heavy atom. The summed E-state index contributed by atoms with van der Waals surface area (Å²) in [6.45, 7) is 3.54. The molecule has 0 aliphatic carbocycles. The zero-order chi connectivity index (χ0) is 16.6. The molecule has 2 atom stereocenters. The van der Waals surface area contributed by atoms with Crippen LogP contribution in [0, 0.1) is 0 Å². The third-order valence-electron chi connectivity index (χ3n) is 5.60. The minimum absolute atomic E-state index is 0. The Labute approximate surface area is 159 Å². The molecule has 0 N–H and O–H groups in total. The van der Waals surface area contributed by atoms with Crippen molar-refractivity contribution in [3.05, 3.63) is 71.8 Å². The highest BCUT2D eigenvalue weighted by Gasteiger charge is 2.28. The Kier molecular flexibility index (Phi) is 8.51.